The summed E-state index contributed by atoms with van der Waals surface area (Å²) in [7, 11) is 0. The van der Waals surface area contributed by atoms with Crippen molar-refractivity contribution < 1.29 is 18.0 Å². The number of likely N-dealkylation sites (tertiary alicyclic amines) is 1. The average molecular weight is 404 g/mol. The van der Waals surface area contributed by atoms with Crippen LogP contribution in [0.3, 0.4) is 0 Å². The summed E-state index contributed by atoms with van der Waals surface area (Å²) in [6, 6.07) is 0. The Morgan fingerprint density at radius 1 is 1.30 bits per heavy atom. The van der Waals surface area contributed by atoms with Crippen LogP contribution in [0.1, 0.15) is 34.6 Å². The minimum Gasteiger partial charge on any atom is -0.339 e. The summed E-state index contributed by atoms with van der Waals surface area (Å²) in [5.74, 6) is -1.67. The van der Waals surface area contributed by atoms with Crippen LogP contribution in [0.5, 0.6) is 0 Å². The van der Waals surface area contributed by atoms with Crippen LogP contribution in [-0.4, -0.2) is 49.8 Å². The van der Waals surface area contributed by atoms with Crippen molar-refractivity contribution in [3.63, 3.8) is 0 Å². The van der Waals surface area contributed by atoms with E-state index in [4.69, 9.17) is 11.6 Å². The average Bonchev–Trinajstić information content (AvgIpc) is 2.99. The molecule has 2 aromatic heterocycles. The molecule has 27 heavy (non-hydrogen) atoms. The first-order chi connectivity index (χ1) is 12.6. The molecule has 1 saturated heterocycles. The molecule has 7 nitrogen and oxygen atoms in total. The maximum atomic E-state index is 12.8. The van der Waals surface area contributed by atoms with E-state index in [2.05, 4.69) is 15.1 Å². The molecule has 3 rings (SSSR count). The second-order valence-corrected chi connectivity index (χ2v) is 6.83. The molecule has 0 aromatic carbocycles. The summed E-state index contributed by atoms with van der Waals surface area (Å²) in [5, 5.41) is 4.05. The lowest BCUT2D eigenvalue weighted by atomic mass is 9.96. The Hall–Kier alpha value is -2.36. The number of carbonyl (C=O) groups excluding carboxylic acids is 1. The van der Waals surface area contributed by atoms with E-state index in [0.29, 0.717) is 11.4 Å². The third kappa shape index (κ3) is 3.71. The molecule has 11 heteroatoms. The first-order valence-corrected chi connectivity index (χ1v) is 8.64. The molecular formula is C16H17ClF3N5O2. The maximum Gasteiger partial charge on any atom is 0.391 e. The normalized spacial score (nSPS) is 16.0. The van der Waals surface area contributed by atoms with Gasteiger partial charge in [-0.15, -0.1) is 0 Å². The van der Waals surface area contributed by atoms with Crippen molar-refractivity contribution >= 4 is 17.5 Å². The molecule has 3 heterocycles. The van der Waals surface area contributed by atoms with Gasteiger partial charge in [-0.05, 0) is 26.7 Å². The largest absolute Gasteiger partial charge is 0.391 e. The van der Waals surface area contributed by atoms with Gasteiger partial charge in [0.25, 0.3) is 11.5 Å². The quantitative estimate of drug-likeness (QED) is 0.835. The molecule has 0 spiro atoms. The van der Waals surface area contributed by atoms with Crippen LogP contribution in [0, 0.1) is 19.8 Å². The van der Waals surface area contributed by atoms with E-state index in [0.717, 1.165) is 0 Å². The van der Waals surface area contributed by atoms with Gasteiger partial charge in [0.05, 0.1) is 29.1 Å². The van der Waals surface area contributed by atoms with E-state index in [1.54, 1.807) is 13.8 Å². The summed E-state index contributed by atoms with van der Waals surface area (Å²) in [4.78, 5) is 32.5. The fourth-order valence-electron chi connectivity index (χ4n) is 3.07. The fraction of sp³-hybridized carbons (Fsp3) is 0.500. The number of aromatic nitrogens is 4. The number of aromatic amines is 1. The van der Waals surface area contributed by atoms with Gasteiger partial charge >= 0.3 is 6.18 Å². The van der Waals surface area contributed by atoms with E-state index in [9.17, 15) is 22.8 Å². The lowest BCUT2D eigenvalue weighted by Crippen LogP contribution is -2.42. The third-order valence-electron chi connectivity index (χ3n) is 4.70. The van der Waals surface area contributed by atoms with Crippen molar-refractivity contribution in [1.29, 1.82) is 0 Å². The van der Waals surface area contributed by atoms with Gasteiger partial charge in [-0.3, -0.25) is 14.6 Å². The molecule has 0 atom stereocenters. The number of nitrogens with zero attached hydrogens (tertiary/aromatic N) is 4. The lowest BCUT2D eigenvalue weighted by Gasteiger charge is -2.32. The number of H-pyrrole nitrogens is 1. The standard InChI is InChI=1S/C16H17ClF3N5O2/c1-8-12(17)13(26)23-15(22-8)25-9(2)11(7-21-25)14(27)24-5-3-10(4-6-24)16(18,19)20/h7,10H,3-6H2,1-2H3,(H,22,23,26). The van der Waals surface area contributed by atoms with E-state index < -0.39 is 23.6 Å². The SMILES string of the molecule is Cc1nc(-n2ncc(C(=O)N3CCC(C(F)(F)F)CC3)c2C)[nH]c(=O)c1Cl. The number of halogens is 4. The molecule has 1 amide bonds. The molecule has 0 unspecified atom stereocenters. The zero-order valence-corrected chi connectivity index (χ0v) is 15.4. The van der Waals surface area contributed by atoms with Crippen molar-refractivity contribution in [3.05, 3.63) is 38.5 Å². The highest BCUT2D eigenvalue weighted by atomic mass is 35.5. The highest BCUT2D eigenvalue weighted by molar-refractivity contribution is 6.30. The molecule has 146 valence electrons. The van der Waals surface area contributed by atoms with Crippen LogP contribution in [0.15, 0.2) is 11.0 Å². The Morgan fingerprint density at radius 3 is 2.48 bits per heavy atom. The van der Waals surface area contributed by atoms with Gasteiger partial charge in [0.15, 0.2) is 0 Å². The first-order valence-electron chi connectivity index (χ1n) is 8.27. The summed E-state index contributed by atoms with van der Waals surface area (Å²) in [6.45, 7) is 3.24. The first kappa shape index (κ1) is 19.4. The predicted octanol–water partition coefficient (Wildman–Crippen LogP) is 2.64. The van der Waals surface area contributed by atoms with Gasteiger partial charge in [0, 0.05) is 13.1 Å². The summed E-state index contributed by atoms with van der Waals surface area (Å²) >= 11 is 5.80. The third-order valence-corrected chi connectivity index (χ3v) is 5.15. The number of hydrogen-bond acceptors (Lipinski definition) is 4. The molecule has 1 N–H and O–H groups in total. The van der Waals surface area contributed by atoms with E-state index in [1.165, 1.54) is 15.8 Å². The number of alkyl halides is 3. The number of rotatable bonds is 2. The summed E-state index contributed by atoms with van der Waals surface area (Å²) in [6.07, 6.45) is -3.15. The molecule has 2 aromatic rings. The van der Waals surface area contributed by atoms with E-state index >= 15 is 0 Å². The van der Waals surface area contributed by atoms with Crippen LogP contribution in [-0.2, 0) is 0 Å². The minimum atomic E-state index is -4.24. The molecule has 0 bridgehead atoms. The topological polar surface area (TPSA) is 83.9 Å². The molecular weight excluding hydrogens is 387 g/mol. The molecule has 0 saturated carbocycles. The number of carbonyl (C=O) groups is 1. The monoisotopic (exact) mass is 403 g/mol. The molecule has 1 aliphatic rings. The van der Waals surface area contributed by atoms with Crippen molar-refractivity contribution in [2.45, 2.75) is 32.9 Å². The van der Waals surface area contributed by atoms with Crippen LogP contribution >= 0.6 is 11.6 Å². The molecule has 0 radical (unpaired) electrons. The molecule has 1 fully saturated rings. The van der Waals surface area contributed by atoms with Crippen molar-refractivity contribution in [3.8, 4) is 5.95 Å². The van der Waals surface area contributed by atoms with Crippen LogP contribution in [0.2, 0.25) is 5.02 Å². The number of aryl methyl sites for hydroxylation is 1. The van der Waals surface area contributed by atoms with Gasteiger partial charge in [-0.1, -0.05) is 11.6 Å². The Bertz CT molecular complexity index is 929. The van der Waals surface area contributed by atoms with Gasteiger partial charge < -0.3 is 4.90 Å². The zero-order chi connectivity index (χ0) is 19.9. The number of piperidine rings is 1. The molecule has 1 aliphatic heterocycles. The predicted molar refractivity (Wildman–Crippen MR) is 91.1 cm³/mol. The summed E-state index contributed by atoms with van der Waals surface area (Å²) < 4.78 is 39.6. The number of hydrogen-bond donors (Lipinski definition) is 1. The minimum absolute atomic E-state index is 0.0305. The van der Waals surface area contributed by atoms with Gasteiger partial charge in [0.1, 0.15) is 5.02 Å². The van der Waals surface area contributed by atoms with Crippen LogP contribution in [0.4, 0.5) is 13.2 Å². The van der Waals surface area contributed by atoms with Gasteiger partial charge in [-0.25, -0.2) is 9.67 Å². The second kappa shape index (κ2) is 6.99. The Kier molecular flexibility index (Phi) is 5.02. The number of amides is 1. The maximum absolute atomic E-state index is 12.8. The van der Waals surface area contributed by atoms with Gasteiger partial charge in [-0.2, -0.15) is 18.3 Å². The van der Waals surface area contributed by atoms with Gasteiger partial charge in [0.2, 0.25) is 5.95 Å². The van der Waals surface area contributed by atoms with Crippen molar-refractivity contribution in [2.24, 2.45) is 5.92 Å². The Balaban J connectivity index is 1.82. The van der Waals surface area contributed by atoms with Crippen LogP contribution < -0.4 is 5.56 Å². The highest BCUT2D eigenvalue weighted by Crippen LogP contribution is 2.34. The fourth-order valence-corrected chi connectivity index (χ4v) is 3.16. The summed E-state index contributed by atoms with van der Waals surface area (Å²) in [5.41, 5.74) is 0.446. The van der Waals surface area contributed by atoms with E-state index in [1.807, 2.05) is 0 Å². The van der Waals surface area contributed by atoms with Crippen LogP contribution in [0.25, 0.3) is 5.95 Å². The van der Waals surface area contributed by atoms with Crippen molar-refractivity contribution in [1.82, 2.24) is 24.6 Å². The second-order valence-electron chi connectivity index (χ2n) is 6.45. The zero-order valence-electron chi connectivity index (χ0n) is 14.6. The Morgan fingerprint density at radius 2 is 1.93 bits per heavy atom. The smallest absolute Gasteiger partial charge is 0.339 e. The van der Waals surface area contributed by atoms with Crippen molar-refractivity contribution in [2.75, 3.05) is 13.1 Å². The Labute approximate surface area is 157 Å². The van der Waals surface area contributed by atoms with E-state index in [-0.39, 0.29) is 42.5 Å². The highest BCUT2D eigenvalue weighted by Gasteiger charge is 2.42. The number of nitrogens with one attached hydrogen (secondary N) is 1. The lowest BCUT2D eigenvalue weighted by molar-refractivity contribution is -0.183. The molecule has 0 aliphatic carbocycles.